The van der Waals surface area contributed by atoms with E-state index in [0.717, 1.165) is 16.3 Å². The molecular formula is C17H23N3O2S. The summed E-state index contributed by atoms with van der Waals surface area (Å²) in [5.74, 6) is 0.114. The van der Waals surface area contributed by atoms with Crippen molar-refractivity contribution in [3.63, 3.8) is 0 Å². The van der Waals surface area contributed by atoms with Crippen LogP contribution in [0, 0.1) is 0 Å². The van der Waals surface area contributed by atoms with Crippen molar-refractivity contribution in [1.29, 1.82) is 0 Å². The smallest absolute Gasteiger partial charge is 0.214 e. The highest BCUT2D eigenvalue weighted by atomic mass is 32.2. The molecule has 1 aliphatic rings. The molecule has 2 aromatic rings. The minimum absolute atomic E-state index is 0.114. The van der Waals surface area contributed by atoms with Crippen LogP contribution in [0.5, 0.6) is 0 Å². The van der Waals surface area contributed by atoms with E-state index in [1.165, 1.54) is 4.31 Å². The minimum Gasteiger partial charge on any atom is -0.313 e. The number of fused-ring (bicyclic) bond motifs is 1. The first-order valence-corrected chi connectivity index (χ1v) is 9.51. The average molecular weight is 333 g/mol. The summed E-state index contributed by atoms with van der Waals surface area (Å²) < 4.78 is 26.6. The molecule has 1 fully saturated rings. The van der Waals surface area contributed by atoms with Crippen LogP contribution in [0.1, 0.15) is 18.4 Å². The third-order valence-corrected chi connectivity index (χ3v) is 6.43. The Kier molecular flexibility index (Phi) is 4.42. The first kappa shape index (κ1) is 16.4. The molecule has 1 aliphatic heterocycles. The van der Waals surface area contributed by atoms with E-state index in [1.54, 1.807) is 0 Å². The first-order chi connectivity index (χ1) is 10.9. The Labute approximate surface area is 137 Å². The lowest BCUT2D eigenvalue weighted by molar-refractivity contribution is 0.242. The summed E-state index contributed by atoms with van der Waals surface area (Å²) in [4.78, 5) is 0. The second-order valence-corrected chi connectivity index (χ2v) is 8.42. The molecule has 6 heteroatoms. The van der Waals surface area contributed by atoms with Crippen LogP contribution >= 0.6 is 0 Å². The van der Waals surface area contributed by atoms with Crippen molar-refractivity contribution in [2.75, 3.05) is 18.8 Å². The molecule has 0 saturated carbocycles. The third kappa shape index (κ3) is 3.72. The highest BCUT2D eigenvalue weighted by Gasteiger charge is 2.32. The van der Waals surface area contributed by atoms with Crippen molar-refractivity contribution in [1.82, 2.24) is 4.31 Å². The standard InChI is InChI=1S/C17H23N3O2S/c18-17(19)9-11-20(12-10-17)23(21,22)13-8-15-6-3-5-14-4-1-2-7-16(14)15/h1-7H,8-13,18-19H2. The quantitative estimate of drug-likeness (QED) is 0.828. The van der Waals surface area contributed by atoms with Crippen LogP contribution in [0.25, 0.3) is 10.8 Å². The molecule has 0 aliphatic carbocycles. The summed E-state index contributed by atoms with van der Waals surface area (Å²) in [6.45, 7) is 0.815. The number of nitrogens with zero attached hydrogens (tertiary/aromatic N) is 1. The predicted molar refractivity (Wildman–Crippen MR) is 93.4 cm³/mol. The molecule has 3 rings (SSSR count). The molecule has 0 spiro atoms. The number of rotatable bonds is 4. The van der Waals surface area contributed by atoms with Crippen molar-refractivity contribution >= 4 is 20.8 Å². The van der Waals surface area contributed by atoms with E-state index in [9.17, 15) is 8.42 Å². The highest BCUT2D eigenvalue weighted by Crippen LogP contribution is 2.21. The maximum Gasteiger partial charge on any atom is 0.214 e. The lowest BCUT2D eigenvalue weighted by Gasteiger charge is -2.35. The number of aryl methyl sites for hydroxylation is 1. The molecule has 2 aromatic carbocycles. The van der Waals surface area contributed by atoms with E-state index >= 15 is 0 Å². The van der Waals surface area contributed by atoms with Gasteiger partial charge in [-0.2, -0.15) is 0 Å². The Bertz CT molecular complexity index is 787. The Morgan fingerprint density at radius 2 is 1.65 bits per heavy atom. The molecule has 0 unspecified atom stereocenters. The molecule has 0 radical (unpaired) electrons. The number of hydrogen-bond acceptors (Lipinski definition) is 4. The van der Waals surface area contributed by atoms with Gasteiger partial charge in [-0.3, -0.25) is 0 Å². The molecule has 4 N–H and O–H groups in total. The van der Waals surface area contributed by atoms with Crippen LogP contribution < -0.4 is 11.5 Å². The average Bonchev–Trinajstić information content (AvgIpc) is 2.52. The Morgan fingerprint density at radius 1 is 1.00 bits per heavy atom. The Morgan fingerprint density at radius 3 is 2.39 bits per heavy atom. The number of benzene rings is 2. The number of piperidine rings is 1. The molecule has 1 heterocycles. The van der Waals surface area contributed by atoms with Gasteiger partial charge in [-0.1, -0.05) is 42.5 Å². The lowest BCUT2D eigenvalue weighted by Crippen LogP contribution is -2.57. The highest BCUT2D eigenvalue weighted by molar-refractivity contribution is 7.89. The zero-order chi connectivity index (χ0) is 16.5. The van der Waals surface area contributed by atoms with Gasteiger partial charge in [0.2, 0.25) is 10.0 Å². The lowest BCUT2D eigenvalue weighted by atomic mass is 10.0. The molecule has 0 aromatic heterocycles. The second-order valence-electron chi connectivity index (χ2n) is 6.34. The Hall–Kier alpha value is -1.47. The van der Waals surface area contributed by atoms with Crippen LogP contribution in [0.15, 0.2) is 42.5 Å². The van der Waals surface area contributed by atoms with Crippen LogP contribution in [-0.4, -0.2) is 37.2 Å². The molecule has 0 atom stereocenters. The monoisotopic (exact) mass is 333 g/mol. The maximum atomic E-state index is 12.6. The van der Waals surface area contributed by atoms with Crippen molar-refractivity contribution in [3.8, 4) is 0 Å². The normalized spacial score (nSPS) is 19.0. The number of hydrogen-bond donors (Lipinski definition) is 2. The van der Waals surface area contributed by atoms with E-state index in [-0.39, 0.29) is 5.75 Å². The zero-order valence-electron chi connectivity index (χ0n) is 13.1. The fourth-order valence-corrected chi connectivity index (χ4v) is 4.53. The second kappa shape index (κ2) is 6.20. The summed E-state index contributed by atoms with van der Waals surface area (Å²) >= 11 is 0. The van der Waals surface area contributed by atoms with Crippen LogP contribution in [0.4, 0.5) is 0 Å². The number of sulfonamides is 1. The van der Waals surface area contributed by atoms with Crippen LogP contribution in [0.2, 0.25) is 0 Å². The van der Waals surface area contributed by atoms with Crippen molar-refractivity contribution in [2.24, 2.45) is 11.5 Å². The topological polar surface area (TPSA) is 89.4 Å². The summed E-state index contributed by atoms with van der Waals surface area (Å²) in [5.41, 5.74) is 12.1. The van der Waals surface area contributed by atoms with Crippen LogP contribution in [0.3, 0.4) is 0 Å². The summed E-state index contributed by atoms with van der Waals surface area (Å²) in [7, 11) is -3.28. The predicted octanol–water partition coefficient (Wildman–Crippen LogP) is 1.42. The van der Waals surface area contributed by atoms with E-state index in [0.29, 0.717) is 32.4 Å². The summed E-state index contributed by atoms with van der Waals surface area (Å²) in [5, 5.41) is 2.25. The summed E-state index contributed by atoms with van der Waals surface area (Å²) in [6, 6.07) is 14.1. The van der Waals surface area contributed by atoms with Crippen molar-refractivity contribution in [3.05, 3.63) is 48.0 Å². The molecule has 23 heavy (non-hydrogen) atoms. The fraction of sp³-hybridized carbons (Fsp3) is 0.412. The largest absolute Gasteiger partial charge is 0.313 e. The van der Waals surface area contributed by atoms with Gasteiger partial charge in [0, 0.05) is 13.1 Å². The van der Waals surface area contributed by atoms with E-state index in [2.05, 4.69) is 0 Å². The van der Waals surface area contributed by atoms with Gasteiger partial charge in [0.1, 0.15) is 0 Å². The van der Waals surface area contributed by atoms with E-state index in [4.69, 9.17) is 11.5 Å². The Balaban J connectivity index is 1.72. The minimum atomic E-state index is -3.28. The molecule has 0 amide bonds. The summed E-state index contributed by atoms with van der Waals surface area (Å²) in [6.07, 6.45) is 1.51. The van der Waals surface area contributed by atoms with Gasteiger partial charge < -0.3 is 11.5 Å². The maximum absolute atomic E-state index is 12.6. The van der Waals surface area contributed by atoms with Gasteiger partial charge >= 0.3 is 0 Å². The van der Waals surface area contributed by atoms with E-state index < -0.39 is 15.7 Å². The molecular weight excluding hydrogens is 310 g/mol. The third-order valence-electron chi connectivity index (χ3n) is 4.56. The molecule has 0 bridgehead atoms. The van der Waals surface area contributed by atoms with Gasteiger partial charge in [0.25, 0.3) is 0 Å². The fourth-order valence-electron chi connectivity index (χ4n) is 3.06. The van der Waals surface area contributed by atoms with Crippen molar-refractivity contribution in [2.45, 2.75) is 24.9 Å². The van der Waals surface area contributed by atoms with Gasteiger partial charge in [-0.05, 0) is 35.6 Å². The molecule has 124 valence electrons. The SMILES string of the molecule is NC1(N)CCN(S(=O)(=O)CCc2cccc3ccccc23)CC1. The van der Waals surface area contributed by atoms with Crippen LogP contribution in [-0.2, 0) is 16.4 Å². The van der Waals surface area contributed by atoms with Gasteiger partial charge in [0.05, 0.1) is 11.4 Å². The molecule has 5 nitrogen and oxygen atoms in total. The van der Waals surface area contributed by atoms with Crippen molar-refractivity contribution < 1.29 is 8.42 Å². The first-order valence-electron chi connectivity index (χ1n) is 7.90. The van der Waals surface area contributed by atoms with E-state index in [1.807, 2.05) is 42.5 Å². The molecule has 1 saturated heterocycles. The van der Waals surface area contributed by atoms with Gasteiger partial charge in [-0.25, -0.2) is 12.7 Å². The van der Waals surface area contributed by atoms with Gasteiger partial charge in [-0.15, -0.1) is 0 Å². The number of nitrogens with two attached hydrogens (primary N) is 2. The zero-order valence-corrected chi connectivity index (χ0v) is 13.9. The van der Waals surface area contributed by atoms with Gasteiger partial charge in [0.15, 0.2) is 0 Å².